The van der Waals surface area contributed by atoms with Gasteiger partial charge >= 0.3 is 0 Å². The molecule has 0 saturated carbocycles. The van der Waals surface area contributed by atoms with Gasteiger partial charge in [-0.15, -0.1) is 0 Å². The second-order valence-electron chi connectivity index (χ2n) is 2.92. The fraction of sp³-hybridized carbons (Fsp3) is 0.364. The topological polar surface area (TPSA) is 57.1 Å². The summed E-state index contributed by atoms with van der Waals surface area (Å²) in [6, 6.07) is 3.41. The Morgan fingerprint density at radius 3 is 2.06 bits per heavy atom. The molecule has 0 saturated heterocycles. The van der Waals surface area contributed by atoms with Gasteiger partial charge in [-0.25, -0.2) is 9.79 Å². The first-order valence-corrected chi connectivity index (χ1v) is 4.59. The summed E-state index contributed by atoms with van der Waals surface area (Å²) in [6.07, 6.45) is 1.48. The lowest BCUT2D eigenvalue weighted by Gasteiger charge is -2.13. The molecule has 0 fully saturated rings. The maximum atomic E-state index is 10.1. The fourth-order valence-electron chi connectivity index (χ4n) is 1.35. The number of nitrogens with zero attached hydrogens (tertiary/aromatic N) is 1. The third-order valence-electron chi connectivity index (χ3n) is 2.12. The Kier molecular flexibility index (Phi) is 4.36. The molecule has 0 bridgehead atoms. The van der Waals surface area contributed by atoms with Gasteiger partial charge in [-0.3, -0.25) is 0 Å². The predicted molar refractivity (Wildman–Crippen MR) is 57.9 cm³/mol. The van der Waals surface area contributed by atoms with Gasteiger partial charge in [0.1, 0.15) is 17.2 Å². The van der Waals surface area contributed by atoms with Crippen LogP contribution >= 0.6 is 0 Å². The number of isocyanates is 1. The third-order valence-corrected chi connectivity index (χ3v) is 2.12. The van der Waals surface area contributed by atoms with E-state index in [1.54, 1.807) is 19.2 Å². The molecule has 0 radical (unpaired) electrons. The maximum Gasteiger partial charge on any atom is 0.235 e. The van der Waals surface area contributed by atoms with E-state index in [-0.39, 0.29) is 6.54 Å². The van der Waals surface area contributed by atoms with Gasteiger partial charge in [0.15, 0.2) is 0 Å². The summed E-state index contributed by atoms with van der Waals surface area (Å²) >= 11 is 0. The van der Waals surface area contributed by atoms with Crippen molar-refractivity contribution >= 4 is 6.08 Å². The molecule has 0 amide bonds. The number of carbonyl (C=O) groups excluding carboxylic acids is 1. The molecule has 5 nitrogen and oxygen atoms in total. The third kappa shape index (κ3) is 2.52. The average Bonchev–Trinajstić information content (AvgIpc) is 2.35. The summed E-state index contributed by atoms with van der Waals surface area (Å²) in [6.45, 7) is 0.167. The van der Waals surface area contributed by atoms with Gasteiger partial charge in [0.05, 0.1) is 33.4 Å². The Morgan fingerprint density at radius 1 is 1.12 bits per heavy atom. The van der Waals surface area contributed by atoms with Crippen molar-refractivity contribution < 1.29 is 19.0 Å². The van der Waals surface area contributed by atoms with E-state index in [1.807, 2.05) is 0 Å². The summed E-state index contributed by atoms with van der Waals surface area (Å²) in [7, 11) is 4.61. The highest BCUT2D eigenvalue weighted by Crippen LogP contribution is 2.34. The molecule has 16 heavy (non-hydrogen) atoms. The molecule has 5 heteroatoms. The normalized spacial score (nSPS) is 9.19. The van der Waals surface area contributed by atoms with E-state index in [0.717, 1.165) is 0 Å². The zero-order valence-corrected chi connectivity index (χ0v) is 9.44. The molecule has 1 aromatic carbocycles. The molecular weight excluding hydrogens is 210 g/mol. The average molecular weight is 223 g/mol. The van der Waals surface area contributed by atoms with Crippen molar-refractivity contribution in [2.24, 2.45) is 4.99 Å². The highest BCUT2D eigenvalue weighted by atomic mass is 16.5. The second kappa shape index (κ2) is 5.78. The van der Waals surface area contributed by atoms with Crippen LogP contribution in [0.1, 0.15) is 5.56 Å². The molecule has 0 N–H and O–H groups in total. The highest BCUT2D eigenvalue weighted by molar-refractivity contribution is 5.51. The Morgan fingerprint density at radius 2 is 1.69 bits per heavy atom. The van der Waals surface area contributed by atoms with Crippen LogP contribution in [0.25, 0.3) is 0 Å². The van der Waals surface area contributed by atoms with Gasteiger partial charge in [0.2, 0.25) is 6.08 Å². The number of rotatable bonds is 5. The Bertz CT molecular complexity index is 385. The molecule has 1 rings (SSSR count). The van der Waals surface area contributed by atoms with Crippen molar-refractivity contribution in [1.82, 2.24) is 0 Å². The zero-order valence-electron chi connectivity index (χ0n) is 9.44. The van der Waals surface area contributed by atoms with Crippen molar-refractivity contribution in [2.75, 3.05) is 21.3 Å². The van der Waals surface area contributed by atoms with Crippen LogP contribution in [0.3, 0.4) is 0 Å². The van der Waals surface area contributed by atoms with Crippen molar-refractivity contribution in [2.45, 2.75) is 6.54 Å². The van der Waals surface area contributed by atoms with Crippen LogP contribution in [0.5, 0.6) is 17.2 Å². The summed E-state index contributed by atoms with van der Waals surface area (Å²) < 4.78 is 15.4. The van der Waals surface area contributed by atoms with Gasteiger partial charge in [-0.1, -0.05) is 0 Å². The molecule has 86 valence electrons. The van der Waals surface area contributed by atoms with E-state index >= 15 is 0 Å². The summed E-state index contributed by atoms with van der Waals surface area (Å²) in [5, 5.41) is 0. The van der Waals surface area contributed by atoms with Crippen molar-refractivity contribution in [3.05, 3.63) is 17.7 Å². The number of methoxy groups -OCH3 is 3. The molecule has 0 heterocycles. The lowest BCUT2D eigenvalue weighted by atomic mass is 10.1. The number of hydrogen-bond donors (Lipinski definition) is 0. The quantitative estimate of drug-likeness (QED) is 0.561. The van der Waals surface area contributed by atoms with Gasteiger partial charge in [-0.2, -0.15) is 0 Å². The predicted octanol–water partition coefficient (Wildman–Crippen LogP) is 1.55. The van der Waals surface area contributed by atoms with E-state index in [4.69, 9.17) is 14.2 Å². The smallest absolute Gasteiger partial charge is 0.235 e. The van der Waals surface area contributed by atoms with E-state index < -0.39 is 0 Å². The van der Waals surface area contributed by atoms with Gasteiger partial charge in [0.25, 0.3) is 0 Å². The Labute approximate surface area is 93.7 Å². The molecule has 0 aliphatic heterocycles. The largest absolute Gasteiger partial charge is 0.496 e. The van der Waals surface area contributed by atoms with Gasteiger partial charge < -0.3 is 14.2 Å². The first-order valence-electron chi connectivity index (χ1n) is 4.59. The molecule has 0 unspecified atom stereocenters. The summed E-state index contributed by atoms with van der Waals surface area (Å²) in [4.78, 5) is 13.6. The fourth-order valence-corrected chi connectivity index (χ4v) is 1.35. The minimum atomic E-state index is 0.167. The van der Waals surface area contributed by atoms with Crippen LogP contribution in [0.2, 0.25) is 0 Å². The zero-order chi connectivity index (χ0) is 12.0. The highest BCUT2D eigenvalue weighted by Gasteiger charge is 2.12. The van der Waals surface area contributed by atoms with Crippen LogP contribution in [0.4, 0.5) is 0 Å². The summed E-state index contributed by atoms with van der Waals surface area (Å²) in [5.41, 5.74) is 0.689. The lowest BCUT2D eigenvalue weighted by molar-refractivity contribution is 0.369. The minimum absolute atomic E-state index is 0.167. The molecular formula is C11H13NO4. The van der Waals surface area contributed by atoms with Crippen molar-refractivity contribution in [3.8, 4) is 17.2 Å². The number of benzene rings is 1. The summed E-state index contributed by atoms with van der Waals surface area (Å²) in [5.74, 6) is 1.75. The van der Waals surface area contributed by atoms with Crippen molar-refractivity contribution in [3.63, 3.8) is 0 Å². The number of aliphatic imine (C=N–C) groups is 1. The molecule has 1 aromatic rings. The van der Waals surface area contributed by atoms with Crippen LogP contribution in [0.15, 0.2) is 17.1 Å². The molecule has 0 aliphatic carbocycles. The van der Waals surface area contributed by atoms with Gasteiger partial charge in [0, 0.05) is 12.1 Å². The Balaban J connectivity index is 3.24. The maximum absolute atomic E-state index is 10.1. The van der Waals surface area contributed by atoms with E-state index in [1.165, 1.54) is 20.3 Å². The van der Waals surface area contributed by atoms with Crippen LogP contribution in [-0.4, -0.2) is 27.4 Å². The molecule has 0 atom stereocenters. The second-order valence-corrected chi connectivity index (χ2v) is 2.92. The van der Waals surface area contributed by atoms with Crippen LogP contribution in [-0.2, 0) is 11.3 Å². The van der Waals surface area contributed by atoms with Crippen LogP contribution < -0.4 is 14.2 Å². The van der Waals surface area contributed by atoms with Gasteiger partial charge in [-0.05, 0) is 0 Å². The first-order chi connectivity index (χ1) is 7.76. The molecule has 0 spiro atoms. The lowest BCUT2D eigenvalue weighted by Crippen LogP contribution is -1.97. The minimum Gasteiger partial charge on any atom is -0.496 e. The van der Waals surface area contributed by atoms with E-state index in [9.17, 15) is 4.79 Å². The van der Waals surface area contributed by atoms with E-state index in [0.29, 0.717) is 22.8 Å². The number of ether oxygens (including phenoxy) is 3. The number of hydrogen-bond acceptors (Lipinski definition) is 5. The molecule has 0 aliphatic rings. The molecule has 0 aromatic heterocycles. The SMILES string of the molecule is COc1cc(OC)c(CN=C=O)c(OC)c1. The monoisotopic (exact) mass is 223 g/mol. The first kappa shape index (κ1) is 12.1. The Hall–Kier alpha value is -2.00. The van der Waals surface area contributed by atoms with Crippen LogP contribution in [0, 0.1) is 0 Å². The standard InChI is InChI=1S/C11H13NO4/c1-14-8-4-10(15-2)9(6-12-7-13)11(5-8)16-3/h4-5H,6H2,1-3H3. The van der Waals surface area contributed by atoms with E-state index in [2.05, 4.69) is 4.99 Å². The van der Waals surface area contributed by atoms with Crippen molar-refractivity contribution in [1.29, 1.82) is 0 Å².